The van der Waals surface area contributed by atoms with Crippen LogP contribution >= 0.6 is 0 Å². The zero-order chi connectivity index (χ0) is 14.8. The van der Waals surface area contributed by atoms with Gasteiger partial charge in [-0.3, -0.25) is 0 Å². The number of aryl methyl sites for hydroxylation is 1. The van der Waals surface area contributed by atoms with Crippen LogP contribution in [0.1, 0.15) is 36.4 Å². The molecule has 0 aromatic heterocycles. The molecule has 2 rings (SSSR count). The van der Waals surface area contributed by atoms with E-state index in [0.29, 0.717) is 12.2 Å². The minimum atomic E-state index is -3.04. The topological polar surface area (TPSA) is 55.4 Å². The maximum absolute atomic E-state index is 12.4. The van der Waals surface area contributed by atoms with Gasteiger partial charge in [-0.25, -0.2) is 8.42 Å². The van der Waals surface area contributed by atoms with Crippen molar-refractivity contribution in [1.29, 1.82) is 0 Å². The number of ether oxygens (including phenoxy) is 1. The van der Waals surface area contributed by atoms with E-state index in [9.17, 15) is 8.42 Å². The predicted molar refractivity (Wildman–Crippen MR) is 81.0 cm³/mol. The van der Waals surface area contributed by atoms with Crippen molar-refractivity contribution in [3.05, 3.63) is 29.3 Å². The molecular formula is C15H23NO3S. The molecule has 0 aliphatic carbocycles. The van der Waals surface area contributed by atoms with E-state index >= 15 is 0 Å². The normalized spacial score (nSPS) is 23.2. The molecule has 2 atom stereocenters. The van der Waals surface area contributed by atoms with Gasteiger partial charge in [-0.1, -0.05) is 24.1 Å². The van der Waals surface area contributed by atoms with Gasteiger partial charge in [-0.2, -0.15) is 0 Å². The van der Waals surface area contributed by atoms with Gasteiger partial charge in [-0.15, -0.1) is 0 Å². The quantitative estimate of drug-likeness (QED) is 0.926. The summed E-state index contributed by atoms with van der Waals surface area (Å²) in [5.74, 6) is 1.04. The van der Waals surface area contributed by atoms with E-state index < -0.39 is 9.84 Å². The molecule has 1 saturated heterocycles. The average molecular weight is 297 g/mol. The van der Waals surface area contributed by atoms with E-state index in [0.717, 1.165) is 29.7 Å². The zero-order valence-electron chi connectivity index (χ0n) is 12.3. The second-order valence-corrected chi connectivity index (χ2v) is 7.75. The summed E-state index contributed by atoms with van der Waals surface area (Å²) in [6.07, 6.45) is 2.46. The standard InChI is InChI=1S/C15H23NO3S/c1-11-7-8-13(19-3)12(10-11)15(16-2)14-6-4-5-9-20(14,17)18/h7-8,10,14-16H,4-6,9H2,1-3H3. The average Bonchev–Trinajstić information content (AvgIpc) is 2.41. The van der Waals surface area contributed by atoms with Gasteiger partial charge in [0.2, 0.25) is 0 Å². The fraction of sp³-hybridized carbons (Fsp3) is 0.600. The Morgan fingerprint density at radius 2 is 2.10 bits per heavy atom. The zero-order valence-corrected chi connectivity index (χ0v) is 13.2. The summed E-state index contributed by atoms with van der Waals surface area (Å²) in [7, 11) is 0.398. The Bertz CT molecular complexity index is 568. The molecule has 1 fully saturated rings. The van der Waals surface area contributed by atoms with Crippen molar-refractivity contribution in [3.8, 4) is 5.75 Å². The van der Waals surface area contributed by atoms with Crippen LogP contribution < -0.4 is 10.1 Å². The first kappa shape index (κ1) is 15.3. The second kappa shape index (κ2) is 6.14. The first-order chi connectivity index (χ1) is 9.49. The molecule has 1 aliphatic heterocycles. The molecule has 112 valence electrons. The van der Waals surface area contributed by atoms with Crippen molar-refractivity contribution >= 4 is 9.84 Å². The fourth-order valence-electron chi connectivity index (χ4n) is 2.99. The van der Waals surface area contributed by atoms with Gasteiger partial charge in [-0.05, 0) is 32.9 Å². The molecule has 20 heavy (non-hydrogen) atoms. The highest BCUT2D eigenvalue weighted by atomic mass is 32.2. The molecule has 0 bridgehead atoms. The van der Waals surface area contributed by atoms with Gasteiger partial charge in [0.15, 0.2) is 9.84 Å². The second-order valence-electron chi connectivity index (χ2n) is 5.41. The maximum atomic E-state index is 12.4. The molecule has 0 spiro atoms. The number of nitrogens with one attached hydrogen (secondary N) is 1. The van der Waals surface area contributed by atoms with Crippen molar-refractivity contribution in [2.75, 3.05) is 19.9 Å². The number of rotatable bonds is 4. The van der Waals surface area contributed by atoms with Crippen molar-refractivity contribution < 1.29 is 13.2 Å². The SMILES string of the molecule is CNC(c1cc(C)ccc1OC)C1CCCCS1(=O)=O. The Morgan fingerprint density at radius 1 is 1.35 bits per heavy atom. The molecule has 1 heterocycles. The van der Waals surface area contributed by atoms with Crippen LogP contribution in [0.5, 0.6) is 5.75 Å². The lowest BCUT2D eigenvalue weighted by Gasteiger charge is -2.31. The molecule has 0 saturated carbocycles. The van der Waals surface area contributed by atoms with E-state index in [1.165, 1.54) is 0 Å². The summed E-state index contributed by atoms with van der Waals surface area (Å²) >= 11 is 0. The summed E-state index contributed by atoms with van der Waals surface area (Å²) in [5, 5.41) is 2.82. The third kappa shape index (κ3) is 2.99. The molecule has 2 unspecified atom stereocenters. The third-order valence-corrected chi connectivity index (χ3v) is 6.32. The van der Waals surface area contributed by atoms with Gasteiger partial charge in [0.05, 0.1) is 24.2 Å². The van der Waals surface area contributed by atoms with Crippen LogP contribution in [0.2, 0.25) is 0 Å². The molecule has 1 aromatic rings. The van der Waals surface area contributed by atoms with E-state index in [-0.39, 0.29) is 11.3 Å². The van der Waals surface area contributed by atoms with Gasteiger partial charge < -0.3 is 10.1 Å². The van der Waals surface area contributed by atoms with Crippen LogP contribution in [0.25, 0.3) is 0 Å². The van der Waals surface area contributed by atoms with E-state index in [2.05, 4.69) is 5.32 Å². The van der Waals surface area contributed by atoms with Crippen LogP contribution in [-0.2, 0) is 9.84 Å². The minimum absolute atomic E-state index is 0.213. The summed E-state index contributed by atoms with van der Waals surface area (Å²) in [4.78, 5) is 0. The van der Waals surface area contributed by atoms with Crippen molar-refractivity contribution in [2.24, 2.45) is 0 Å². The minimum Gasteiger partial charge on any atom is -0.496 e. The summed E-state index contributed by atoms with van der Waals surface area (Å²) in [5.41, 5.74) is 2.04. The van der Waals surface area contributed by atoms with Crippen LogP contribution in [-0.4, -0.2) is 33.6 Å². The molecule has 1 aromatic carbocycles. The first-order valence-corrected chi connectivity index (χ1v) is 8.74. The van der Waals surface area contributed by atoms with Gasteiger partial charge in [0.1, 0.15) is 5.75 Å². The van der Waals surface area contributed by atoms with Gasteiger partial charge in [0, 0.05) is 5.56 Å². The molecule has 0 amide bonds. The molecule has 0 radical (unpaired) electrons. The van der Waals surface area contributed by atoms with Crippen LogP contribution in [0.4, 0.5) is 0 Å². The molecular weight excluding hydrogens is 274 g/mol. The highest BCUT2D eigenvalue weighted by Gasteiger charge is 2.36. The number of benzene rings is 1. The van der Waals surface area contributed by atoms with Crippen molar-refractivity contribution in [2.45, 2.75) is 37.5 Å². The Balaban J connectivity index is 2.44. The lowest BCUT2D eigenvalue weighted by atomic mass is 9.97. The molecule has 5 heteroatoms. The van der Waals surface area contributed by atoms with Gasteiger partial charge >= 0.3 is 0 Å². The Hall–Kier alpha value is -1.07. The van der Waals surface area contributed by atoms with Crippen molar-refractivity contribution in [3.63, 3.8) is 0 Å². The van der Waals surface area contributed by atoms with Crippen LogP contribution in [0.3, 0.4) is 0 Å². The molecule has 4 nitrogen and oxygen atoms in total. The van der Waals surface area contributed by atoms with E-state index in [1.807, 2.05) is 32.2 Å². The van der Waals surface area contributed by atoms with Crippen LogP contribution in [0, 0.1) is 6.92 Å². The maximum Gasteiger partial charge on any atom is 0.155 e. The smallest absolute Gasteiger partial charge is 0.155 e. The fourth-order valence-corrected chi connectivity index (χ4v) is 5.12. The summed E-state index contributed by atoms with van der Waals surface area (Å²) < 4.78 is 30.1. The molecule has 1 aliphatic rings. The highest BCUT2D eigenvalue weighted by Crippen LogP contribution is 2.35. The first-order valence-electron chi connectivity index (χ1n) is 7.03. The lowest BCUT2D eigenvalue weighted by molar-refractivity contribution is 0.394. The number of sulfone groups is 1. The van der Waals surface area contributed by atoms with Gasteiger partial charge in [0.25, 0.3) is 0 Å². The summed E-state index contributed by atoms with van der Waals surface area (Å²) in [6.45, 7) is 2.00. The largest absolute Gasteiger partial charge is 0.496 e. The Kier molecular flexibility index (Phi) is 4.70. The van der Waals surface area contributed by atoms with E-state index in [4.69, 9.17) is 4.74 Å². The molecule has 1 N–H and O–H groups in total. The Morgan fingerprint density at radius 3 is 2.70 bits per heavy atom. The number of hydrogen-bond donors (Lipinski definition) is 1. The van der Waals surface area contributed by atoms with Crippen molar-refractivity contribution in [1.82, 2.24) is 5.32 Å². The van der Waals surface area contributed by atoms with E-state index in [1.54, 1.807) is 7.11 Å². The van der Waals surface area contributed by atoms with Crippen LogP contribution in [0.15, 0.2) is 18.2 Å². The number of hydrogen-bond acceptors (Lipinski definition) is 4. The summed E-state index contributed by atoms with van der Waals surface area (Å²) in [6, 6.07) is 5.69. The Labute approximate surface area is 121 Å². The monoisotopic (exact) mass is 297 g/mol. The lowest BCUT2D eigenvalue weighted by Crippen LogP contribution is -2.39. The number of methoxy groups -OCH3 is 1. The highest BCUT2D eigenvalue weighted by molar-refractivity contribution is 7.92. The third-order valence-electron chi connectivity index (χ3n) is 4.03. The predicted octanol–water partition coefficient (Wildman–Crippen LogP) is 2.23.